The molecule has 0 aromatic heterocycles. The van der Waals surface area contributed by atoms with Gasteiger partial charge >= 0.3 is 0 Å². The van der Waals surface area contributed by atoms with Crippen LogP contribution in [0.1, 0.15) is 57.3 Å². The fraction of sp³-hybridized carbons (Fsp3) is 0.529. The molecule has 19 heavy (non-hydrogen) atoms. The molecule has 2 nitrogen and oxygen atoms in total. The maximum atomic E-state index is 9.93. The fourth-order valence-corrected chi connectivity index (χ4v) is 1.69. The lowest BCUT2D eigenvalue weighted by Crippen LogP contribution is -2.16. The molecule has 0 amide bonds. The summed E-state index contributed by atoms with van der Waals surface area (Å²) in [7, 11) is 0. The first-order chi connectivity index (χ1) is 8.92. The third kappa shape index (κ3) is 6.42. The Labute approximate surface area is 116 Å². The Morgan fingerprint density at radius 2 is 1.84 bits per heavy atom. The quantitative estimate of drug-likeness (QED) is 0.798. The van der Waals surface area contributed by atoms with Crippen LogP contribution in [-0.4, -0.2) is 15.8 Å². The number of aliphatic hydroxyl groups excluding tert-OH is 1. The Morgan fingerprint density at radius 3 is 2.37 bits per heavy atom. The van der Waals surface area contributed by atoms with Crippen LogP contribution in [0.4, 0.5) is 0 Å². The van der Waals surface area contributed by atoms with Gasteiger partial charge in [0.2, 0.25) is 0 Å². The Balaban J connectivity index is 2.60. The zero-order valence-corrected chi connectivity index (χ0v) is 12.1. The van der Waals surface area contributed by atoms with E-state index in [-0.39, 0.29) is 0 Å². The summed E-state index contributed by atoms with van der Waals surface area (Å²) in [6.07, 6.45) is 3.04. The number of unbranched alkanes of at least 4 members (excludes halogenated alkanes) is 1. The molecule has 0 aliphatic carbocycles. The van der Waals surface area contributed by atoms with Gasteiger partial charge in [0.25, 0.3) is 0 Å². The summed E-state index contributed by atoms with van der Waals surface area (Å²) in [6.45, 7) is 5.59. The number of aryl methyl sites for hydroxylation is 1. The summed E-state index contributed by atoms with van der Waals surface area (Å²) in [5.74, 6) is 5.59. The van der Waals surface area contributed by atoms with E-state index in [2.05, 4.69) is 18.8 Å². The normalized spacial score (nSPS) is 12.7. The van der Waals surface area contributed by atoms with E-state index >= 15 is 0 Å². The summed E-state index contributed by atoms with van der Waals surface area (Å²) >= 11 is 0. The van der Waals surface area contributed by atoms with Crippen molar-refractivity contribution in [2.75, 3.05) is 0 Å². The molecule has 0 heterocycles. The van der Waals surface area contributed by atoms with Crippen molar-refractivity contribution in [2.24, 2.45) is 0 Å². The van der Waals surface area contributed by atoms with Gasteiger partial charge in [0.1, 0.15) is 6.10 Å². The Hall–Kier alpha value is -1.30. The van der Waals surface area contributed by atoms with E-state index in [1.165, 1.54) is 18.4 Å². The minimum Gasteiger partial charge on any atom is -0.389 e. The minimum absolute atomic E-state index is 0.360. The highest BCUT2D eigenvalue weighted by Crippen LogP contribution is 2.15. The number of rotatable bonds is 5. The standard InChI is InChI=1S/C17H24O2/c1-4-5-7-14-9-11-15(12-10-14)16(18)8-6-13-17(2,3)19/h9-12,16,18-19H,4-5,7,13H2,1-3H3. The second kappa shape index (κ2) is 7.33. The lowest BCUT2D eigenvalue weighted by atomic mass is 10.0. The third-order valence-electron chi connectivity index (χ3n) is 2.87. The van der Waals surface area contributed by atoms with Crippen LogP contribution >= 0.6 is 0 Å². The molecule has 2 heteroatoms. The van der Waals surface area contributed by atoms with E-state index in [0.29, 0.717) is 6.42 Å². The van der Waals surface area contributed by atoms with Crippen molar-refractivity contribution in [2.45, 2.75) is 58.2 Å². The molecular weight excluding hydrogens is 236 g/mol. The van der Waals surface area contributed by atoms with Gasteiger partial charge in [-0.2, -0.15) is 0 Å². The van der Waals surface area contributed by atoms with Gasteiger partial charge in [0.05, 0.1) is 5.60 Å². The highest BCUT2D eigenvalue weighted by Gasteiger charge is 2.10. The predicted molar refractivity (Wildman–Crippen MR) is 78.7 cm³/mol. The van der Waals surface area contributed by atoms with Gasteiger partial charge in [-0.1, -0.05) is 49.5 Å². The molecule has 2 N–H and O–H groups in total. The molecule has 0 aliphatic heterocycles. The predicted octanol–water partition coefficient (Wildman–Crippen LogP) is 3.23. The van der Waals surface area contributed by atoms with Crippen LogP contribution in [0.25, 0.3) is 0 Å². The zero-order valence-electron chi connectivity index (χ0n) is 12.1. The Bertz CT molecular complexity index is 429. The van der Waals surface area contributed by atoms with Gasteiger partial charge in [-0.3, -0.25) is 0 Å². The molecule has 1 atom stereocenters. The fourth-order valence-electron chi connectivity index (χ4n) is 1.69. The van der Waals surface area contributed by atoms with Crippen LogP contribution in [0.2, 0.25) is 0 Å². The molecule has 0 aliphatic rings. The Kier molecular flexibility index (Phi) is 6.08. The summed E-state index contributed by atoms with van der Waals surface area (Å²) in [4.78, 5) is 0. The van der Waals surface area contributed by atoms with Gasteiger partial charge in [0, 0.05) is 6.42 Å². The maximum Gasteiger partial charge on any atom is 0.140 e. The van der Waals surface area contributed by atoms with Crippen LogP contribution in [-0.2, 0) is 6.42 Å². The largest absolute Gasteiger partial charge is 0.389 e. The first kappa shape index (κ1) is 15.8. The highest BCUT2D eigenvalue weighted by atomic mass is 16.3. The smallest absolute Gasteiger partial charge is 0.140 e. The molecular formula is C17H24O2. The minimum atomic E-state index is -0.809. The lowest BCUT2D eigenvalue weighted by Gasteiger charge is -2.12. The summed E-state index contributed by atoms with van der Waals surface area (Å²) in [6, 6.07) is 7.95. The van der Waals surface area contributed by atoms with Crippen molar-refractivity contribution in [3.63, 3.8) is 0 Å². The molecule has 0 spiro atoms. The van der Waals surface area contributed by atoms with Crippen molar-refractivity contribution in [1.82, 2.24) is 0 Å². The number of hydrogen-bond donors (Lipinski definition) is 2. The van der Waals surface area contributed by atoms with Crippen LogP contribution < -0.4 is 0 Å². The molecule has 0 saturated carbocycles. The van der Waals surface area contributed by atoms with E-state index in [1.807, 2.05) is 24.3 Å². The van der Waals surface area contributed by atoms with Gasteiger partial charge in [0.15, 0.2) is 0 Å². The van der Waals surface area contributed by atoms with Gasteiger partial charge in [-0.25, -0.2) is 0 Å². The van der Waals surface area contributed by atoms with Gasteiger partial charge in [-0.05, 0) is 37.8 Å². The van der Waals surface area contributed by atoms with E-state index < -0.39 is 11.7 Å². The number of aliphatic hydroxyl groups is 2. The first-order valence-electron chi connectivity index (χ1n) is 6.90. The second-order valence-corrected chi connectivity index (χ2v) is 5.56. The van der Waals surface area contributed by atoms with Crippen molar-refractivity contribution in [3.8, 4) is 11.8 Å². The summed E-state index contributed by atoms with van der Waals surface area (Å²) in [5.41, 5.74) is 1.29. The molecule has 1 aromatic carbocycles. The molecule has 1 rings (SSSR count). The summed E-state index contributed by atoms with van der Waals surface area (Å²) < 4.78 is 0. The molecule has 1 unspecified atom stereocenters. The molecule has 0 saturated heterocycles. The van der Waals surface area contributed by atoms with Crippen LogP contribution in [0.3, 0.4) is 0 Å². The average Bonchev–Trinajstić information content (AvgIpc) is 2.35. The topological polar surface area (TPSA) is 40.5 Å². The van der Waals surface area contributed by atoms with Crippen LogP contribution in [0, 0.1) is 11.8 Å². The molecule has 0 radical (unpaired) electrons. The van der Waals surface area contributed by atoms with Crippen molar-refractivity contribution in [1.29, 1.82) is 0 Å². The van der Waals surface area contributed by atoms with E-state index in [0.717, 1.165) is 12.0 Å². The molecule has 0 fully saturated rings. The number of benzene rings is 1. The average molecular weight is 260 g/mol. The molecule has 1 aromatic rings. The van der Waals surface area contributed by atoms with Crippen molar-refractivity contribution >= 4 is 0 Å². The SMILES string of the molecule is CCCCc1ccc(C(O)C#CCC(C)(C)O)cc1. The monoisotopic (exact) mass is 260 g/mol. The van der Waals surface area contributed by atoms with E-state index in [4.69, 9.17) is 0 Å². The Morgan fingerprint density at radius 1 is 1.21 bits per heavy atom. The van der Waals surface area contributed by atoms with Crippen molar-refractivity contribution < 1.29 is 10.2 Å². The van der Waals surface area contributed by atoms with Gasteiger partial charge < -0.3 is 10.2 Å². The van der Waals surface area contributed by atoms with E-state index in [1.54, 1.807) is 13.8 Å². The molecule has 0 bridgehead atoms. The summed E-state index contributed by atoms with van der Waals surface area (Å²) in [5, 5.41) is 19.5. The van der Waals surface area contributed by atoms with Crippen molar-refractivity contribution in [3.05, 3.63) is 35.4 Å². The second-order valence-electron chi connectivity index (χ2n) is 5.56. The van der Waals surface area contributed by atoms with Gasteiger partial charge in [-0.15, -0.1) is 0 Å². The van der Waals surface area contributed by atoms with E-state index in [9.17, 15) is 10.2 Å². The lowest BCUT2D eigenvalue weighted by molar-refractivity contribution is 0.0861. The zero-order chi connectivity index (χ0) is 14.3. The molecule has 104 valence electrons. The number of hydrogen-bond acceptors (Lipinski definition) is 2. The van der Waals surface area contributed by atoms with Crippen LogP contribution in [0.15, 0.2) is 24.3 Å². The maximum absolute atomic E-state index is 9.93. The third-order valence-corrected chi connectivity index (χ3v) is 2.87. The van der Waals surface area contributed by atoms with Crippen LogP contribution in [0.5, 0.6) is 0 Å². The first-order valence-corrected chi connectivity index (χ1v) is 6.90. The highest BCUT2D eigenvalue weighted by molar-refractivity contribution is 5.28.